The highest BCUT2D eigenvalue weighted by atomic mass is 35.5. The number of hydrogen-bond donors (Lipinski definition) is 1. The maximum atomic E-state index is 13.4. The Balaban J connectivity index is 1.84. The third kappa shape index (κ3) is 7.53. The topological polar surface area (TPSA) is 49.4 Å². The molecule has 0 saturated heterocycles. The van der Waals surface area contributed by atoms with Gasteiger partial charge in [-0.2, -0.15) is 0 Å². The Bertz CT molecular complexity index is 1060. The van der Waals surface area contributed by atoms with Crippen LogP contribution in [0.1, 0.15) is 17.5 Å². The SMILES string of the molecule is CNC(=O)[C@@H](Cc1ccccc1)N(Cc1ccc(Cl)cc1Cl)C(=O)CCSc1ccccc1. The molecule has 0 aromatic heterocycles. The fourth-order valence-corrected chi connectivity index (χ4v) is 4.80. The Labute approximate surface area is 209 Å². The number of benzene rings is 3. The van der Waals surface area contributed by atoms with Gasteiger partial charge in [-0.25, -0.2) is 0 Å². The Hall–Kier alpha value is -2.47. The quantitative estimate of drug-likeness (QED) is 0.354. The zero-order valence-corrected chi connectivity index (χ0v) is 20.7. The molecule has 172 valence electrons. The van der Waals surface area contributed by atoms with Crippen LogP contribution in [0.25, 0.3) is 0 Å². The average molecular weight is 501 g/mol. The summed E-state index contributed by atoms with van der Waals surface area (Å²) in [6.45, 7) is 0.218. The Kier molecular flexibility index (Phi) is 9.67. The summed E-state index contributed by atoms with van der Waals surface area (Å²) in [5.41, 5.74) is 1.72. The van der Waals surface area contributed by atoms with Crippen molar-refractivity contribution in [3.63, 3.8) is 0 Å². The highest BCUT2D eigenvalue weighted by molar-refractivity contribution is 7.99. The highest BCUT2D eigenvalue weighted by Crippen LogP contribution is 2.25. The van der Waals surface area contributed by atoms with Crippen molar-refractivity contribution in [2.75, 3.05) is 12.8 Å². The van der Waals surface area contributed by atoms with Gasteiger partial charge in [0.15, 0.2) is 0 Å². The van der Waals surface area contributed by atoms with Gasteiger partial charge in [-0.05, 0) is 35.4 Å². The van der Waals surface area contributed by atoms with E-state index >= 15 is 0 Å². The summed E-state index contributed by atoms with van der Waals surface area (Å²) in [6, 6.07) is 24.2. The Morgan fingerprint density at radius 1 is 0.970 bits per heavy atom. The van der Waals surface area contributed by atoms with Crippen molar-refractivity contribution in [1.29, 1.82) is 0 Å². The summed E-state index contributed by atoms with van der Waals surface area (Å²) in [7, 11) is 1.59. The van der Waals surface area contributed by atoms with Gasteiger partial charge in [-0.3, -0.25) is 9.59 Å². The van der Waals surface area contributed by atoms with Crippen molar-refractivity contribution in [2.45, 2.75) is 30.3 Å². The van der Waals surface area contributed by atoms with Crippen molar-refractivity contribution in [2.24, 2.45) is 0 Å². The van der Waals surface area contributed by atoms with E-state index in [0.29, 0.717) is 28.6 Å². The highest BCUT2D eigenvalue weighted by Gasteiger charge is 2.30. The second kappa shape index (κ2) is 12.7. The molecule has 0 fully saturated rings. The van der Waals surface area contributed by atoms with E-state index in [-0.39, 0.29) is 18.4 Å². The van der Waals surface area contributed by atoms with E-state index in [9.17, 15) is 9.59 Å². The summed E-state index contributed by atoms with van der Waals surface area (Å²) in [5, 5.41) is 3.71. The van der Waals surface area contributed by atoms with Crippen LogP contribution in [-0.2, 0) is 22.6 Å². The normalized spacial score (nSPS) is 11.6. The van der Waals surface area contributed by atoms with E-state index < -0.39 is 6.04 Å². The molecule has 1 atom stereocenters. The lowest BCUT2D eigenvalue weighted by Gasteiger charge is -2.31. The minimum Gasteiger partial charge on any atom is -0.357 e. The third-order valence-electron chi connectivity index (χ3n) is 5.20. The lowest BCUT2D eigenvalue weighted by atomic mass is 10.0. The summed E-state index contributed by atoms with van der Waals surface area (Å²) >= 11 is 14.1. The molecular formula is C26H26Cl2N2O2S. The Morgan fingerprint density at radius 2 is 1.64 bits per heavy atom. The van der Waals surface area contributed by atoms with Gasteiger partial charge >= 0.3 is 0 Å². The van der Waals surface area contributed by atoms with Crippen molar-refractivity contribution in [3.05, 3.63) is 100 Å². The first-order valence-electron chi connectivity index (χ1n) is 10.6. The van der Waals surface area contributed by atoms with Crippen LogP contribution < -0.4 is 5.32 Å². The minimum atomic E-state index is -0.668. The fourth-order valence-electron chi connectivity index (χ4n) is 3.47. The van der Waals surface area contributed by atoms with E-state index in [2.05, 4.69) is 5.32 Å². The lowest BCUT2D eigenvalue weighted by Crippen LogP contribution is -2.49. The third-order valence-corrected chi connectivity index (χ3v) is 6.80. The van der Waals surface area contributed by atoms with Gasteiger partial charge in [0, 0.05) is 47.1 Å². The molecule has 0 aliphatic carbocycles. The molecular weight excluding hydrogens is 475 g/mol. The van der Waals surface area contributed by atoms with E-state index in [1.165, 1.54) is 0 Å². The smallest absolute Gasteiger partial charge is 0.242 e. The lowest BCUT2D eigenvalue weighted by molar-refractivity contribution is -0.140. The van der Waals surface area contributed by atoms with Crippen LogP contribution in [0.5, 0.6) is 0 Å². The predicted octanol–water partition coefficient (Wildman–Crippen LogP) is 5.86. The van der Waals surface area contributed by atoms with E-state index in [0.717, 1.165) is 16.0 Å². The van der Waals surface area contributed by atoms with Gasteiger partial charge in [0.25, 0.3) is 0 Å². The summed E-state index contributed by atoms with van der Waals surface area (Å²) in [4.78, 5) is 29.1. The van der Waals surface area contributed by atoms with Gasteiger partial charge in [-0.1, -0.05) is 77.8 Å². The number of amides is 2. The molecule has 1 N–H and O–H groups in total. The number of carbonyl (C=O) groups excluding carboxylic acids is 2. The molecule has 33 heavy (non-hydrogen) atoms. The first-order valence-corrected chi connectivity index (χ1v) is 12.4. The molecule has 7 heteroatoms. The van der Waals surface area contributed by atoms with Crippen molar-refractivity contribution in [1.82, 2.24) is 10.2 Å². The number of likely N-dealkylation sites (N-methyl/N-ethyl adjacent to an activating group) is 1. The number of rotatable bonds is 10. The van der Waals surface area contributed by atoms with Gasteiger partial charge in [0.1, 0.15) is 6.04 Å². The van der Waals surface area contributed by atoms with Gasteiger partial charge in [-0.15, -0.1) is 11.8 Å². The van der Waals surface area contributed by atoms with E-state index in [1.54, 1.807) is 41.9 Å². The maximum absolute atomic E-state index is 13.4. The molecule has 0 unspecified atom stereocenters. The van der Waals surface area contributed by atoms with Crippen LogP contribution in [0.3, 0.4) is 0 Å². The van der Waals surface area contributed by atoms with Crippen molar-refractivity contribution >= 4 is 46.8 Å². The van der Waals surface area contributed by atoms with E-state index in [1.807, 2.05) is 60.7 Å². The zero-order chi connectivity index (χ0) is 23.6. The van der Waals surface area contributed by atoms with Crippen molar-refractivity contribution < 1.29 is 9.59 Å². The van der Waals surface area contributed by atoms with Crippen LogP contribution in [-0.4, -0.2) is 35.6 Å². The average Bonchev–Trinajstić information content (AvgIpc) is 2.83. The molecule has 0 aliphatic rings. The molecule has 0 aliphatic heterocycles. The minimum absolute atomic E-state index is 0.103. The maximum Gasteiger partial charge on any atom is 0.242 e. The molecule has 0 heterocycles. The van der Waals surface area contributed by atoms with E-state index in [4.69, 9.17) is 23.2 Å². The molecule has 2 amide bonds. The molecule has 0 spiro atoms. The predicted molar refractivity (Wildman–Crippen MR) is 137 cm³/mol. The summed E-state index contributed by atoms with van der Waals surface area (Å²) in [6.07, 6.45) is 0.705. The molecule has 0 radical (unpaired) electrons. The second-order valence-corrected chi connectivity index (χ2v) is 9.50. The number of thioether (sulfide) groups is 1. The second-order valence-electron chi connectivity index (χ2n) is 7.49. The molecule has 0 bridgehead atoms. The number of nitrogens with zero attached hydrogens (tertiary/aromatic N) is 1. The number of carbonyl (C=O) groups is 2. The van der Waals surface area contributed by atoms with Crippen LogP contribution in [0.15, 0.2) is 83.8 Å². The molecule has 3 rings (SSSR count). The monoisotopic (exact) mass is 500 g/mol. The van der Waals surface area contributed by atoms with Crippen LogP contribution in [0.4, 0.5) is 0 Å². The fraction of sp³-hybridized carbons (Fsp3) is 0.231. The number of nitrogens with one attached hydrogen (secondary N) is 1. The molecule has 4 nitrogen and oxygen atoms in total. The van der Waals surface area contributed by atoms with Crippen LogP contribution in [0, 0.1) is 0 Å². The molecule has 0 saturated carbocycles. The van der Waals surface area contributed by atoms with Gasteiger partial charge in [0.2, 0.25) is 11.8 Å². The van der Waals surface area contributed by atoms with Crippen LogP contribution in [0.2, 0.25) is 10.0 Å². The van der Waals surface area contributed by atoms with Crippen molar-refractivity contribution in [3.8, 4) is 0 Å². The molecule has 3 aromatic carbocycles. The number of halogens is 2. The standard InChI is InChI=1S/C26H26Cl2N2O2S/c1-29-26(32)24(16-19-8-4-2-5-9-19)30(18-20-12-13-21(27)17-23(20)28)25(31)14-15-33-22-10-6-3-7-11-22/h2-13,17,24H,14-16,18H2,1H3,(H,29,32)/t24-/m1/s1. The molecule has 3 aromatic rings. The number of hydrogen-bond acceptors (Lipinski definition) is 3. The first-order chi connectivity index (χ1) is 16.0. The summed E-state index contributed by atoms with van der Waals surface area (Å²) < 4.78 is 0. The Morgan fingerprint density at radius 3 is 2.27 bits per heavy atom. The van der Waals surface area contributed by atoms with Gasteiger partial charge < -0.3 is 10.2 Å². The first kappa shape index (κ1) is 25.2. The summed E-state index contributed by atoms with van der Waals surface area (Å²) in [5.74, 6) is 0.293. The van der Waals surface area contributed by atoms with Crippen LogP contribution >= 0.6 is 35.0 Å². The largest absolute Gasteiger partial charge is 0.357 e. The zero-order valence-electron chi connectivity index (χ0n) is 18.3. The van der Waals surface area contributed by atoms with Gasteiger partial charge in [0.05, 0.1) is 0 Å².